The van der Waals surface area contributed by atoms with Gasteiger partial charge in [-0.3, -0.25) is 14.9 Å². The molecule has 0 saturated carbocycles. The van der Waals surface area contributed by atoms with Crippen LogP contribution in [-0.4, -0.2) is 46.2 Å². The Labute approximate surface area is 160 Å². The third-order valence-corrected chi connectivity index (χ3v) is 4.88. The molecule has 0 aliphatic heterocycles. The second-order valence-electron chi connectivity index (χ2n) is 6.19. The van der Waals surface area contributed by atoms with E-state index in [1.54, 1.807) is 29.7 Å². The zero-order valence-corrected chi connectivity index (χ0v) is 15.7. The van der Waals surface area contributed by atoms with Crippen molar-refractivity contribution in [3.63, 3.8) is 0 Å². The zero-order chi connectivity index (χ0) is 19.4. The molecule has 0 spiro atoms. The summed E-state index contributed by atoms with van der Waals surface area (Å²) in [4.78, 5) is 24.8. The molecule has 8 nitrogen and oxygen atoms in total. The van der Waals surface area contributed by atoms with E-state index in [-0.39, 0.29) is 17.6 Å². The third-order valence-electron chi connectivity index (χ3n) is 4.18. The van der Waals surface area contributed by atoms with E-state index in [0.717, 1.165) is 5.56 Å². The topological polar surface area (TPSA) is 93.3 Å². The molecule has 1 aromatic carbocycles. The van der Waals surface area contributed by atoms with Crippen molar-refractivity contribution in [1.29, 1.82) is 0 Å². The van der Waals surface area contributed by atoms with E-state index in [1.807, 2.05) is 25.5 Å². The van der Waals surface area contributed by atoms with Gasteiger partial charge in [-0.1, -0.05) is 0 Å². The Morgan fingerprint density at radius 3 is 2.67 bits per heavy atom. The Hall–Kier alpha value is -3.04. The lowest BCUT2D eigenvalue weighted by Gasteiger charge is -2.23. The van der Waals surface area contributed by atoms with Crippen molar-refractivity contribution >= 4 is 22.9 Å². The summed E-state index contributed by atoms with van der Waals surface area (Å²) in [7, 11) is 3.95. The number of likely N-dealkylation sites (N-methyl/N-ethyl adjacent to an activating group) is 1. The minimum atomic E-state index is -0.458. The van der Waals surface area contributed by atoms with Gasteiger partial charge >= 0.3 is 0 Å². The summed E-state index contributed by atoms with van der Waals surface area (Å²) in [5.41, 5.74) is 2.24. The van der Waals surface area contributed by atoms with Crippen LogP contribution >= 0.6 is 11.3 Å². The molecule has 1 amide bonds. The molecule has 0 aliphatic carbocycles. The second kappa shape index (κ2) is 8.11. The van der Waals surface area contributed by atoms with Gasteiger partial charge in [0.05, 0.1) is 28.4 Å². The normalized spacial score (nSPS) is 12.1. The van der Waals surface area contributed by atoms with E-state index in [2.05, 4.69) is 20.7 Å². The molecule has 0 fully saturated rings. The van der Waals surface area contributed by atoms with Crippen molar-refractivity contribution < 1.29 is 9.72 Å². The van der Waals surface area contributed by atoms with E-state index in [1.165, 1.54) is 23.0 Å². The van der Waals surface area contributed by atoms with Gasteiger partial charge in [0.15, 0.2) is 0 Å². The number of hydrogen-bond acceptors (Lipinski definition) is 6. The van der Waals surface area contributed by atoms with Crippen molar-refractivity contribution in [3.05, 3.63) is 74.7 Å². The average Bonchev–Trinajstić information content (AvgIpc) is 3.34. The number of nitrogens with zero attached hydrogens (tertiary/aromatic N) is 4. The van der Waals surface area contributed by atoms with Crippen molar-refractivity contribution in [2.24, 2.45) is 0 Å². The Kier molecular flexibility index (Phi) is 5.63. The number of aromatic nitrogens is 2. The maximum absolute atomic E-state index is 12.5. The van der Waals surface area contributed by atoms with Crippen LogP contribution in [0.4, 0.5) is 5.69 Å². The van der Waals surface area contributed by atoms with Gasteiger partial charge in [-0.15, -0.1) is 0 Å². The van der Waals surface area contributed by atoms with Gasteiger partial charge in [-0.25, -0.2) is 4.68 Å². The van der Waals surface area contributed by atoms with Crippen LogP contribution in [0.5, 0.6) is 0 Å². The molecular formula is C18H19N5O3S. The number of carbonyl (C=O) groups excluding carboxylic acids is 1. The summed E-state index contributed by atoms with van der Waals surface area (Å²) >= 11 is 1.62. The number of hydrogen-bond donors (Lipinski definition) is 1. The number of nitrogens with one attached hydrogen (secondary N) is 1. The summed E-state index contributed by atoms with van der Waals surface area (Å²) in [6.45, 7) is 0.477. The first-order valence-electron chi connectivity index (χ1n) is 8.22. The van der Waals surface area contributed by atoms with E-state index < -0.39 is 4.92 Å². The van der Waals surface area contributed by atoms with Crippen molar-refractivity contribution in [2.75, 3.05) is 20.6 Å². The molecule has 2 heterocycles. The number of nitro groups is 1. The molecule has 1 unspecified atom stereocenters. The number of thiophene rings is 1. The summed E-state index contributed by atoms with van der Waals surface area (Å²) in [5.74, 6) is -0.217. The molecule has 1 N–H and O–H groups in total. The molecule has 2 aromatic heterocycles. The lowest BCUT2D eigenvalue weighted by molar-refractivity contribution is -0.384. The minimum Gasteiger partial charge on any atom is -0.350 e. The zero-order valence-electron chi connectivity index (χ0n) is 14.9. The first kappa shape index (κ1) is 18.7. The van der Waals surface area contributed by atoms with Gasteiger partial charge in [0, 0.05) is 24.9 Å². The highest BCUT2D eigenvalue weighted by atomic mass is 32.1. The Balaban J connectivity index is 1.67. The van der Waals surface area contributed by atoms with E-state index in [9.17, 15) is 14.9 Å². The quantitative estimate of drug-likeness (QED) is 0.499. The van der Waals surface area contributed by atoms with Crippen LogP contribution in [0.2, 0.25) is 0 Å². The number of non-ortho nitro benzene ring substituents is 1. The molecule has 0 radical (unpaired) electrons. The monoisotopic (exact) mass is 385 g/mol. The SMILES string of the molecule is CN(C)C(CNC(=O)c1cnn(-c2ccc([N+](=O)[O-])cc2)c1)c1ccsc1. The first-order valence-corrected chi connectivity index (χ1v) is 9.16. The molecule has 9 heteroatoms. The number of rotatable bonds is 7. The fourth-order valence-electron chi connectivity index (χ4n) is 2.66. The van der Waals surface area contributed by atoms with Crippen LogP contribution in [0.15, 0.2) is 53.5 Å². The second-order valence-corrected chi connectivity index (χ2v) is 6.97. The summed E-state index contributed by atoms with van der Waals surface area (Å²) in [5, 5.41) is 21.9. The molecule has 3 rings (SSSR count). The predicted octanol–water partition coefficient (Wildman–Crippen LogP) is 2.87. The molecule has 3 aromatic rings. The number of amides is 1. The molecular weight excluding hydrogens is 366 g/mol. The Morgan fingerprint density at radius 1 is 1.33 bits per heavy atom. The van der Waals surface area contributed by atoms with Gasteiger partial charge in [0.1, 0.15) is 0 Å². The van der Waals surface area contributed by atoms with Crippen LogP contribution in [0, 0.1) is 10.1 Å². The van der Waals surface area contributed by atoms with Crippen LogP contribution in [-0.2, 0) is 0 Å². The Bertz CT molecular complexity index is 919. The fraction of sp³-hybridized carbons (Fsp3) is 0.222. The maximum atomic E-state index is 12.5. The van der Waals surface area contributed by atoms with Gasteiger partial charge in [-0.05, 0) is 48.6 Å². The third kappa shape index (κ3) is 4.39. The molecule has 27 heavy (non-hydrogen) atoms. The van der Waals surface area contributed by atoms with E-state index in [4.69, 9.17) is 0 Å². The van der Waals surface area contributed by atoms with Crippen molar-refractivity contribution in [1.82, 2.24) is 20.0 Å². The average molecular weight is 385 g/mol. The largest absolute Gasteiger partial charge is 0.350 e. The predicted molar refractivity (Wildman–Crippen MR) is 103 cm³/mol. The van der Waals surface area contributed by atoms with Crippen LogP contribution in [0.25, 0.3) is 5.69 Å². The number of carbonyl (C=O) groups is 1. The summed E-state index contributed by atoms with van der Waals surface area (Å²) in [6, 6.07) is 8.12. The smallest absolute Gasteiger partial charge is 0.269 e. The summed E-state index contributed by atoms with van der Waals surface area (Å²) in [6.07, 6.45) is 3.08. The lowest BCUT2D eigenvalue weighted by atomic mass is 10.1. The highest BCUT2D eigenvalue weighted by molar-refractivity contribution is 7.07. The van der Waals surface area contributed by atoms with Gasteiger partial charge in [0.2, 0.25) is 0 Å². The molecule has 1 atom stereocenters. The van der Waals surface area contributed by atoms with Crippen LogP contribution in [0.1, 0.15) is 22.0 Å². The molecule has 0 saturated heterocycles. The molecule has 0 aliphatic rings. The molecule has 0 bridgehead atoms. The van der Waals surface area contributed by atoms with E-state index in [0.29, 0.717) is 17.8 Å². The first-order chi connectivity index (χ1) is 13.0. The van der Waals surface area contributed by atoms with Crippen LogP contribution in [0.3, 0.4) is 0 Å². The highest BCUT2D eigenvalue weighted by Crippen LogP contribution is 2.20. The van der Waals surface area contributed by atoms with Gasteiger partial charge in [0.25, 0.3) is 11.6 Å². The maximum Gasteiger partial charge on any atom is 0.269 e. The van der Waals surface area contributed by atoms with Crippen LogP contribution < -0.4 is 5.32 Å². The Morgan fingerprint density at radius 2 is 2.07 bits per heavy atom. The standard InChI is InChI=1S/C18H19N5O3S/c1-21(2)17(13-7-8-27-12-13)10-19-18(24)14-9-20-22(11-14)15-3-5-16(6-4-15)23(25)26/h3-9,11-12,17H,10H2,1-2H3,(H,19,24). The van der Waals surface area contributed by atoms with Crippen molar-refractivity contribution in [3.8, 4) is 5.69 Å². The minimum absolute atomic E-state index is 0.00651. The fourth-order valence-corrected chi connectivity index (χ4v) is 3.37. The highest BCUT2D eigenvalue weighted by Gasteiger charge is 2.17. The number of nitro benzene ring substituents is 1. The van der Waals surface area contributed by atoms with Gasteiger partial charge in [-0.2, -0.15) is 16.4 Å². The van der Waals surface area contributed by atoms with E-state index >= 15 is 0 Å². The van der Waals surface area contributed by atoms with Gasteiger partial charge < -0.3 is 10.2 Å². The lowest BCUT2D eigenvalue weighted by Crippen LogP contribution is -2.34. The number of benzene rings is 1. The summed E-state index contributed by atoms with van der Waals surface area (Å²) < 4.78 is 1.51. The molecule has 140 valence electrons. The van der Waals surface area contributed by atoms with Crippen molar-refractivity contribution in [2.45, 2.75) is 6.04 Å².